The van der Waals surface area contributed by atoms with Gasteiger partial charge in [0.15, 0.2) is 0 Å². The highest BCUT2D eigenvalue weighted by molar-refractivity contribution is 9.10. The fourth-order valence-corrected chi connectivity index (χ4v) is 4.62. The minimum absolute atomic E-state index is 0.664. The van der Waals surface area contributed by atoms with Crippen molar-refractivity contribution in [1.29, 1.82) is 0 Å². The van der Waals surface area contributed by atoms with Crippen LogP contribution in [-0.2, 0) is 6.42 Å². The van der Waals surface area contributed by atoms with Crippen LogP contribution in [-0.4, -0.2) is 30.1 Å². The summed E-state index contributed by atoms with van der Waals surface area (Å²) < 4.78 is 1.31. The number of halogens is 1. The van der Waals surface area contributed by atoms with Crippen molar-refractivity contribution < 1.29 is 0 Å². The minimum atomic E-state index is 0.664. The van der Waals surface area contributed by atoms with Crippen LogP contribution in [0.15, 0.2) is 22.7 Å². The molecule has 0 amide bonds. The zero-order valence-electron chi connectivity index (χ0n) is 11.9. The number of fused-ring (bicyclic) bond motifs is 1. The van der Waals surface area contributed by atoms with E-state index in [4.69, 9.17) is 0 Å². The third-order valence-electron chi connectivity index (χ3n) is 5.19. The van der Waals surface area contributed by atoms with Gasteiger partial charge in [0.1, 0.15) is 0 Å². The van der Waals surface area contributed by atoms with Gasteiger partial charge < -0.3 is 5.32 Å². The van der Waals surface area contributed by atoms with E-state index in [9.17, 15) is 0 Å². The lowest BCUT2D eigenvalue weighted by molar-refractivity contribution is 0.170. The first kappa shape index (κ1) is 13.3. The van der Waals surface area contributed by atoms with Crippen molar-refractivity contribution in [2.45, 2.75) is 56.7 Å². The Labute approximate surface area is 130 Å². The number of hydrogen-bond acceptors (Lipinski definition) is 2. The number of nitrogens with one attached hydrogen (secondary N) is 1. The molecule has 2 nitrogen and oxygen atoms in total. The maximum absolute atomic E-state index is 3.73. The molecule has 2 fully saturated rings. The monoisotopic (exact) mass is 334 g/mol. The van der Waals surface area contributed by atoms with E-state index >= 15 is 0 Å². The van der Waals surface area contributed by atoms with Crippen LogP contribution in [0.5, 0.6) is 0 Å². The first-order chi connectivity index (χ1) is 9.83. The average Bonchev–Trinajstić information content (AvgIpc) is 2.99. The van der Waals surface area contributed by atoms with Crippen molar-refractivity contribution in [3.8, 4) is 0 Å². The second-order valence-electron chi connectivity index (χ2n) is 6.58. The Kier molecular flexibility index (Phi) is 3.61. The van der Waals surface area contributed by atoms with Crippen molar-refractivity contribution >= 4 is 15.9 Å². The molecule has 3 heteroatoms. The fourth-order valence-electron chi connectivity index (χ4n) is 4.04. The van der Waals surface area contributed by atoms with Crippen LogP contribution in [0.25, 0.3) is 0 Å². The molecular formula is C17H23BrN2. The maximum Gasteiger partial charge on any atom is 0.0358 e. The van der Waals surface area contributed by atoms with Gasteiger partial charge in [0, 0.05) is 29.1 Å². The third-order valence-corrected chi connectivity index (χ3v) is 5.93. The highest BCUT2D eigenvalue weighted by Gasteiger charge is 2.39. The molecule has 1 aliphatic heterocycles. The van der Waals surface area contributed by atoms with Crippen LogP contribution >= 0.6 is 15.9 Å². The predicted molar refractivity (Wildman–Crippen MR) is 86.0 cm³/mol. The van der Waals surface area contributed by atoms with Gasteiger partial charge in [-0.1, -0.05) is 28.1 Å². The van der Waals surface area contributed by atoms with Crippen LogP contribution in [0.4, 0.5) is 0 Å². The second-order valence-corrected chi connectivity index (χ2v) is 7.44. The molecule has 4 rings (SSSR count). The Hall–Kier alpha value is -0.380. The van der Waals surface area contributed by atoms with E-state index < -0.39 is 0 Å². The molecule has 1 saturated heterocycles. The maximum atomic E-state index is 3.73. The van der Waals surface area contributed by atoms with E-state index in [0.717, 1.165) is 12.1 Å². The summed E-state index contributed by atoms with van der Waals surface area (Å²) in [5.74, 6) is 0. The number of benzene rings is 1. The van der Waals surface area contributed by atoms with E-state index in [1.54, 1.807) is 11.1 Å². The van der Waals surface area contributed by atoms with Crippen molar-refractivity contribution in [3.63, 3.8) is 0 Å². The molecule has 108 valence electrons. The van der Waals surface area contributed by atoms with Crippen LogP contribution in [0.2, 0.25) is 0 Å². The molecular weight excluding hydrogens is 312 g/mol. The molecule has 1 aromatic rings. The van der Waals surface area contributed by atoms with Gasteiger partial charge in [0.05, 0.1) is 0 Å². The number of rotatable bonds is 4. The zero-order valence-corrected chi connectivity index (χ0v) is 13.5. The van der Waals surface area contributed by atoms with E-state index in [1.165, 1.54) is 56.1 Å². The SMILES string of the molecule is Brc1cccc2c1CCC2N(CC1CCCN1)C1CC1. The summed E-state index contributed by atoms with van der Waals surface area (Å²) in [6.45, 7) is 2.47. The van der Waals surface area contributed by atoms with Crippen LogP contribution < -0.4 is 5.32 Å². The van der Waals surface area contributed by atoms with Crippen LogP contribution in [0.3, 0.4) is 0 Å². The lowest BCUT2D eigenvalue weighted by Gasteiger charge is -2.32. The molecule has 2 unspecified atom stereocenters. The van der Waals surface area contributed by atoms with E-state index in [0.29, 0.717) is 6.04 Å². The van der Waals surface area contributed by atoms with Gasteiger partial charge in [-0.2, -0.15) is 0 Å². The molecule has 2 aliphatic carbocycles. The quantitative estimate of drug-likeness (QED) is 0.904. The van der Waals surface area contributed by atoms with Crippen molar-refractivity contribution in [1.82, 2.24) is 10.2 Å². The lowest BCUT2D eigenvalue weighted by atomic mass is 10.1. The minimum Gasteiger partial charge on any atom is -0.313 e. The molecule has 3 aliphatic rings. The number of hydrogen-bond donors (Lipinski definition) is 1. The van der Waals surface area contributed by atoms with Gasteiger partial charge in [-0.3, -0.25) is 4.90 Å². The third kappa shape index (κ3) is 2.44. The molecule has 1 saturated carbocycles. The van der Waals surface area contributed by atoms with Gasteiger partial charge in [-0.15, -0.1) is 0 Å². The Morgan fingerprint density at radius 3 is 2.85 bits per heavy atom. The molecule has 2 atom stereocenters. The first-order valence-corrected chi connectivity index (χ1v) is 8.88. The normalized spacial score (nSPS) is 29.1. The molecule has 0 radical (unpaired) electrons. The summed E-state index contributed by atoms with van der Waals surface area (Å²) in [6.07, 6.45) is 8.08. The molecule has 1 aromatic carbocycles. The molecule has 0 bridgehead atoms. The van der Waals surface area contributed by atoms with E-state index in [-0.39, 0.29) is 0 Å². The lowest BCUT2D eigenvalue weighted by Crippen LogP contribution is -2.40. The topological polar surface area (TPSA) is 15.3 Å². The van der Waals surface area contributed by atoms with Crippen LogP contribution in [0.1, 0.15) is 49.3 Å². The molecule has 0 spiro atoms. The Bertz CT molecular complexity index is 492. The summed E-state index contributed by atoms with van der Waals surface area (Å²) in [5, 5.41) is 3.68. The Morgan fingerprint density at radius 2 is 2.10 bits per heavy atom. The van der Waals surface area contributed by atoms with Gasteiger partial charge in [-0.05, 0) is 62.3 Å². The van der Waals surface area contributed by atoms with Gasteiger partial charge >= 0.3 is 0 Å². The summed E-state index contributed by atoms with van der Waals surface area (Å²) in [5.41, 5.74) is 3.15. The largest absolute Gasteiger partial charge is 0.313 e. The van der Waals surface area contributed by atoms with Gasteiger partial charge in [-0.25, -0.2) is 0 Å². The van der Waals surface area contributed by atoms with Crippen molar-refractivity contribution in [2.75, 3.05) is 13.1 Å². The molecule has 0 aromatic heterocycles. The first-order valence-electron chi connectivity index (χ1n) is 8.09. The number of nitrogens with zero attached hydrogens (tertiary/aromatic N) is 1. The summed E-state index contributed by atoms with van der Waals surface area (Å²) in [7, 11) is 0. The second kappa shape index (κ2) is 5.43. The molecule has 20 heavy (non-hydrogen) atoms. The Balaban J connectivity index is 1.57. The Morgan fingerprint density at radius 1 is 1.20 bits per heavy atom. The predicted octanol–water partition coefficient (Wildman–Crippen LogP) is 3.65. The summed E-state index contributed by atoms with van der Waals surface area (Å²) in [6, 6.07) is 9.01. The zero-order chi connectivity index (χ0) is 13.5. The highest BCUT2D eigenvalue weighted by Crippen LogP contribution is 2.43. The smallest absolute Gasteiger partial charge is 0.0358 e. The fraction of sp³-hybridized carbons (Fsp3) is 0.647. The van der Waals surface area contributed by atoms with Crippen molar-refractivity contribution in [3.05, 3.63) is 33.8 Å². The highest BCUT2D eigenvalue weighted by atomic mass is 79.9. The molecule has 1 N–H and O–H groups in total. The standard InChI is InChI=1S/C17H23BrN2/c18-16-5-1-4-15-14(16)8-9-17(15)20(13-6-7-13)11-12-3-2-10-19-12/h1,4-5,12-13,17,19H,2-3,6-11H2. The van der Waals surface area contributed by atoms with Crippen molar-refractivity contribution in [2.24, 2.45) is 0 Å². The summed E-state index contributed by atoms with van der Waals surface area (Å²) in [4.78, 5) is 2.82. The van der Waals surface area contributed by atoms with Crippen LogP contribution in [0, 0.1) is 0 Å². The van der Waals surface area contributed by atoms with E-state index in [1.807, 2.05) is 0 Å². The molecule has 1 heterocycles. The van der Waals surface area contributed by atoms with Gasteiger partial charge in [0.2, 0.25) is 0 Å². The van der Waals surface area contributed by atoms with E-state index in [2.05, 4.69) is 44.3 Å². The summed E-state index contributed by atoms with van der Waals surface area (Å²) >= 11 is 3.73. The average molecular weight is 335 g/mol. The van der Waals surface area contributed by atoms with Gasteiger partial charge in [0.25, 0.3) is 0 Å².